The Morgan fingerprint density at radius 2 is 1.88 bits per heavy atom. The molecule has 7 nitrogen and oxygen atoms in total. The number of carbonyl (C=O) groups is 1. The molecule has 2 aliphatic heterocycles. The van der Waals surface area contributed by atoms with Crippen molar-refractivity contribution in [2.45, 2.75) is 36.8 Å². The number of aryl methyl sites for hydroxylation is 1. The molecule has 5 rings (SSSR count). The number of thioether (sulfide) groups is 1. The molecule has 3 aromatic carbocycles. The summed E-state index contributed by atoms with van der Waals surface area (Å²) in [7, 11) is 3.28. The number of hydrogen-bond acceptors (Lipinski definition) is 7. The van der Waals surface area contributed by atoms with Crippen molar-refractivity contribution >= 4 is 41.4 Å². The van der Waals surface area contributed by atoms with E-state index in [4.69, 9.17) is 14.5 Å². The standard InChI is InChI=1S/C32H34N4O3S/c1-32(2)30(35-34-29(21-37)40-32)24-12-14-26-23(19-24)11-8-18-36(26)31(33-17-16-22-9-6-5-7-10-22)25-13-15-27(38-3)28(20-25)39-4/h5-7,9-10,12-17,19-21,29,34H,8,11,18H2,1-4H3. The Kier molecular flexibility index (Phi) is 8.26. The van der Waals surface area contributed by atoms with E-state index < -0.39 is 0 Å². The van der Waals surface area contributed by atoms with Crippen molar-refractivity contribution in [3.63, 3.8) is 0 Å². The SMILES string of the molecule is COc1ccc(C(=NC=Cc2ccccc2)N2CCCc3cc(C4=NNC(C=O)SC4(C)C)ccc32)cc1OC. The molecule has 8 heteroatoms. The van der Waals surface area contributed by atoms with Crippen LogP contribution in [0.5, 0.6) is 11.5 Å². The molecule has 1 atom stereocenters. The van der Waals surface area contributed by atoms with Crippen LogP contribution in [0, 0.1) is 0 Å². The van der Waals surface area contributed by atoms with E-state index >= 15 is 0 Å². The average Bonchev–Trinajstić information content (AvgIpc) is 2.98. The minimum Gasteiger partial charge on any atom is -0.493 e. The van der Waals surface area contributed by atoms with Gasteiger partial charge in [-0.05, 0) is 79.8 Å². The fourth-order valence-electron chi connectivity index (χ4n) is 5.13. The van der Waals surface area contributed by atoms with Crippen molar-refractivity contribution in [3.05, 3.63) is 95.2 Å². The molecule has 0 saturated carbocycles. The lowest BCUT2D eigenvalue weighted by molar-refractivity contribution is -0.107. The Morgan fingerprint density at radius 1 is 1.07 bits per heavy atom. The fourth-order valence-corrected chi connectivity index (χ4v) is 6.20. The number of fused-ring (bicyclic) bond motifs is 1. The van der Waals surface area contributed by atoms with Crippen LogP contribution in [0.15, 0.2) is 83.0 Å². The molecule has 40 heavy (non-hydrogen) atoms. The van der Waals surface area contributed by atoms with Crippen molar-refractivity contribution in [2.75, 3.05) is 25.7 Å². The summed E-state index contributed by atoms with van der Waals surface area (Å²) in [6.45, 7) is 5.06. The van der Waals surface area contributed by atoms with Crippen LogP contribution in [-0.4, -0.2) is 48.7 Å². The number of amidine groups is 1. The van der Waals surface area contributed by atoms with Crippen molar-refractivity contribution in [1.82, 2.24) is 5.43 Å². The number of methoxy groups -OCH3 is 2. The molecule has 0 spiro atoms. The van der Waals surface area contributed by atoms with Crippen LogP contribution in [-0.2, 0) is 11.2 Å². The van der Waals surface area contributed by atoms with E-state index in [1.807, 2.05) is 48.7 Å². The van der Waals surface area contributed by atoms with Crippen LogP contribution in [0.2, 0.25) is 0 Å². The second-order valence-corrected chi connectivity index (χ2v) is 11.9. The number of hydrazone groups is 1. The molecule has 0 radical (unpaired) electrons. The van der Waals surface area contributed by atoms with Crippen LogP contribution in [0.25, 0.3) is 6.08 Å². The molecular formula is C32H34N4O3S. The first kappa shape index (κ1) is 27.5. The highest BCUT2D eigenvalue weighted by molar-refractivity contribution is 8.02. The van der Waals surface area contributed by atoms with Gasteiger partial charge < -0.3 is 19.2 Å². The van der Waals surface area contributed by atoms with E-state index in [-0.39, 0.29) is 10.1 Å². The number of aliphatic imine (C=N–C) groups is 1. The van der Waals surface area contributed by atoms with Gasteiger partial charge in [-0.15, -0.1) is 11.8 Å². The van der Waals surface area contributed by atoms with E-state index in [2.05, 4.69) is 59.6 Å². The third-order valence-electron chi connectivity index (χ3n) is 7.05. The monoisotopic (exact) mass is 554 g/mol. The summed E-state index contributed by atoms with van der Waals surface area (Å²) in [6, 6.07) is 22.6. The van der Waals surface area contributed by atoms with Gasteiger partial charge in [0.05, 0.1) is 24.7 Å². The third-order valence-corrected chi connectivity index (χ3v) is 8.30. The van der Waals surface area contributed by atoms with E-state index in [0.717, 1.165) is 59.6 Å². The number of aldehydes is 1. The predicted octanol–water partition coefficient (Wildman–Crippen LogP) is 5.92. The zero-order chi connectivity index (χ0) is 28.1. The van der Waals surface area contributed by atoms with Gasteiger partial charge in [0.1, 0.15) is 11.2 Å². The lowest BCUT2D eigenvalue weighted by Crippen LogP contribution is -2.42. The highest BCUT2D eigenvalue weighted by atomic mass is 32.2. The first-order valence-electron chi connectivity index (χ1n) is 13.3. The molecule has 206 valence electrons. The maximum atomic E-state index is 11.3. The Morgan fingerprint density at radius 3 is 2.60 bits per heavy atom. The lowest BCUT2D eigenvalue weighted by atomic mass is 9.93. The van der Waals surface area contributed by atoms with Crippen LogP contribution in [0.1, 0.15) is 42.5 Å². The van der Waals surface area contributed by atoms with Gasteiger partial charge in [-0.3, -0.25) is 5.43 Å². The lowest BCUT2D eigenvalue weighted by Gasteiger charge is -2.35. The highest BCUT2D eigenvalue weighted by Gasteiger charge is 2.35. The zero-order valence-corrected chi connectivity index (χ0v) is 24.1. The molecule has 0 saturated heterocycles. The van der Waals surface area contributed by atoms with Gasteiger partial charge in [0.15, 0.2) is 17.8 Å². The Labute approximate surface area is 240 Å². The van der Waals surface area contributed by atoms with Gasteiger partial charge in [-0.1, -0.05) is 36.4 Å². The molecule has 0 amide bonds. The predicted molar refractivity (Wildman–Crippen MR) is 165 cm³/mol. The van der Waals surface area contributed by atoms with Crippen molar-refractivity contribution in [3.8, 4) is 11.5 Å². The molecule has 0 fully saturated rings. The first-order valence-corrected chi connectivity index (χ1v) is 14.2. The van der Waals surface area contributed by atoms with Crippen LogP contribution in [0.3, 0.4) is 0 Å². The minimum atomic E-state index is -0.337. The molecule has 0 aliphatic carbocycles. The van der Waals surface area contributed by atoms with E-state index in [9.17, 15) is 4.79 Å². The second-order valence-electron chi connectivity index (χ2n) is 10.1. The molecule has 0 aromatic heterocycles. The van der Waals surface area contributed by atoms with E-state index in [1.54, 1.807) is 26.0 Å². The summed E-state index contributed by atoms with van der Waals surface area (Å²) in [6.07, 6.45) is 6.72. The summed E-state index contributed by atoms with van der Waals surface area (Å²) >= 11 is 1.58. The topological polar surface area (TPSA) is 75.5 Å². The van der Waals surface area contributed by atoms with Gasteiger partial charge in [-0.2, -0.15) is 5.10 Å². The number of anilines is 1. The third kappa shape index (κ3) is 5.77. The van der Waals surface area contributed by atoms with E-state index in [0.29, 0.717) is 11.5 Å². The highest BCUT2D eigenvalue weighted by Crippen LogP contribution is 2.37. The largest absolute Gasteiger partial charge is 0.493 e. The van der Waals surface area contributed by atoms with Gasteiger partial charge in [0.2, 0.25) is 0 Å². The fraction of sp³-hybridized carbons (Fsp3) is 0.281. The van der Waals surface area contributed by atoms with Crippen molar-refractivity contribution in [2.24, 2.45) is 10.1 Å². The summed E-state index contributed by atoms with van der Waals surface area (Å²) in [5.41, 5.74) is 9.36. The quantitative estimate of drug-likeness (QED) is 0.222. The van der Waals surface area contributed by atoms with Crippen LogP contribution >= 0.6 is 11.8 Å². The molecular weight excluding hydrogens is 520 g/mol. The molecule has 2 heterocycles. The summed E-state index contributed by atoms with van der Waals surface area (Å²) in [5.74, 6) is 2.17. The smallest absolute Gasteiger partial charge is 0.161 e. The molecule has 1 N–H and O–H groups in total. The normalized spacial score (nSPS) is 18.5. The van der Waals surface area contributed by atoms with Gasteiger partial charge >= 0.3 is 0 Å². The number of rotatable bonds is 7. The Balaban J connectivity index is 1.55. The molecule has 1 unspecified atom stereocenters. The van der Waals surface area contributed by atoms with Gasteiger partial charge in [-0.25, -0.2) is 4.99 Å². The Bertz CT molecular complexity index is 1470. The molecule has 2 aliphatic rings. The summed E-state index contributed by atoms with van der Waals surface area (Å²) in [4.78, 5) is 18.6. The second kappa shape index (κ2) is 12.0. The number of nitrogens with zero attached hydrogens (tertiary/aromatic N) is 3. The van der Waals surface area contributed by atoms with Crippen molar-refractivity contribution < 1.29 is 14.3 Å². The van der Waals surface area contributed by atoms with Crippen LogP contribution < -0.4 is 19.8 Å². The first-order chi connectivity index (χ1) is 19.4. The number of carbonyl (C=O) groups excluding carboxylic acids is 1. The maximum absolute atomic E-state index is 11.3. The number of nitrogens with one attached hydrogen (secondary N) is 1. The van der Waals surface area contributed by atoms with Gasteiger partial charge in [0.25, 0.3) is 0 Å². The summed E-state index contributed by atoms with van der Waals surface area (Å²) < 4.78 is 10.8. The number of ether oxygens (including phenoxy) is 2. The molecule has 3 aromatic rings. The maximum Gasteiger partial charge on any atom is 0.161 e. The Hall–Kier alpha value is -4.04. The average molecular weight is 555 g/mol. The van der Waals surface area contributed by atoms with Crippen LogP contribution in [0.4, 0.5) is 5.69 Å². The zero-order valence-electron chi connectivity index (χ0n) is 23.3. The molecule has 0 bridgehead atoms. The van der Waals surface area contributed by atoms with E-state index in [1.165, 1.54) is 5.56 Å². The van der Waals surface area contributed by atoms with Gasteiger partial charge in [0, 0.05) is 24.0 Å². The van der Waals surface area contributed by atoms with Crippen molar-refractivity contribution in [1.29, 1.82) is 0 Å². The number of benzene rings is 3. The summed E-state index contributed by atoms with van der Waals surface area (Å²) in [5, 5.41) is 4.27. The minimum absolute atomic E-state index is 0.298. The number of hydrogen-bond donors (Lipinski definition) is 1.